The molecular formula is C21H22N6. The Morgan fingerprint density at radius 3 is 2.63 bits per heavy atom. The molecule has 0 saturated carbocycles. The maximum absolute atomic E-state index is 4.53. The second-order valence-electron chi connectivity index (χ2n) is 6.44. The first kappa shape index (κ1) is 17.3. The van der Waals surface area contributed by atoms with Crippen molar-refractivity contribution in [1.82, 2.24) is 30.0 Å². The van der Waals surface area contributed by atoms with Crippen LogP contribution in [0.4, 0.5) is 0 Å². The van der Waals surface area contributed by atoms with Gasteiger partial charge in [-0.15, -0.1) is 10.2 Å². The molecule has 4 rings (SSSR count). The van der Waals surface area contributed by atoms with Gasteiger partial charge in [-0.3, -0.25) is 0 Å². The summed E-state index contributed by atoms with van der Waals surface area (Å²) < 4.78 is 2.06. The molecule has 0 atom stereocenters. The highest BCUT2D eigenvalue weighted by Crippen LogP contribution is 2.21. The standard InChI is InChI=1S/C21H22N6/c1-2-27-15-25-26-20(27)9-10-22-12-16-13-23-21(24-14-16)19-8-7-17-5-3-4-6-18(17)11-19/h3-8,11,13-15,22H,2,9-10,12H2,1H3. The van der Waals surface area contributed by atoms with E-state index in [-0.39, 0.29) is 0 Å². The number of fused-ring (bicyclic) bond motifs is 1. The molecule has 27 heavy (non-hydrogen) atoms. The molecule has 6 nitrogen and oxygen atoms in total. The number of nitrogens with zero attached hydrogens (tertiary/aromatic N) is 5. The van der Waals surface area contributed by atoms with Crippen LogP contribution in [0.25, 0.3) is 22.2 Å². The number of benzene rings is 2. The summed E-state index contributed by atoms with van der Waals surface area (Å²) in [6, 6.07) is 14.6. The van der Waals surface area contributed by atoms with Gasteiger partial charge < -0.3 is 9.88 Å². The molecule has 0 fully saturated rings. The minimum absolute atomic E-state index is 0.734. The third kappa shape index (κ3) is 4.01. The van der Waals surface area contributed by atoms with Crippen LogP contribution in [0.15, 0.2) is 61.2 Å². The van der Waals surface area contributed by atoms with E-state index < -0.39 is 0 Å². The monoisotopic (exact) mass is 358 g/mol. The fraction of sp³-hybridized carbons (Fsp3) is 0.238. The Balaban J connectivity index is 1.35. The lowest BCUT2D eigenvalue weighted by molar-refractivity contribution is 0.631. The van der Waals surface area contributed by atoms with Crippen LogP contribution in [-0.4, -0.2) is 31.3 Å². The van der Waals surface area contributed by atoms with Crippen molar-refractivity contribution in [1.29, 1.82) is 0 Å². The van der Waals surface area contributed by atoms with Crippen LogP contribution in [-0.2, 0) is 19.5 Å². The van der Waals surface area contributed by atoms with E-state index in [4.69, 9.17) is 0 Å². The Bertz CT molecular complexity index is 1020. The summed E-state index contributed by atoms with van der Waals surface area (Å²) in [7, 11) is 0. The van der Waals surface area contributed by atoms with Crippen LogP contribution in [0.3, 0.4) is 0 Å². The molecule has 0 spiro atoms. The van der Waals surface area contributed by atoms with Gasteiger partial charge in [0.25, 0.3) is 0 Å². The summed E-state index contributed by atoms with van der Waals surface area (Å²) >= 11 is 0. The maximum atomic E-state index is 4.53. The fourth-order valence-electron chi connectivity index (χ4n) is 3.09. The van der Waals surface area contributed by atoms with E-state index in [2.05, 4.69) is 67.3 Å². The summed E-state index contributed by atoms with van der Waals surface area (Å²) in [5, 5.41) is 13.9. The molecule has 0 aliphatic carbocycles. The van der Waals surface area contributed by atoms with Gasteiger partial charge in [0.05, 0.1) is 0 Å². The van der Waals surface area contributed by atoms with Crippen LogP contribution in [0.1, 0.15) is 18.3 Å². The molecule has 0 amide bonds. The molecule has 2 aromatic carbocycles. The quantitative estimate of drug-likeness (QED) is 0.514. The third-order valence-electron chi connectivity index (χ3n) is 4.60. The second-order valence-corrected chi connectivity index (χ2v) is 6.44. The van der Waals surface area contributed by atoms with E-state index in [1.807, 2.05) is 24.5 Å². The van der Waals surface area contributed by atoms with Gasteiger partial charge >= 0.3 is 0 Å². The van der Waals surface area contributed by atoms with Crippen molar-refractivity contribution in [3.8, 4) is 11.4 Å². The first-order valence-electron chi connectivity index (χ1n) is 9.21. The van der Waals surface area contributed by atoms with Gasteiger partial charge in [-0.25, -0.2) is 9.97 Å². The minimum atomic E-state index is 0.734. The van der Waals surface area contributed by atoms with Crippen molar-refractivity contribution in [3.63, 3.8) is 0 Å². The topological polar surface area (TPSA) is 68.5 Å². The molecule has 0 radical (unpaired) electrons. The molecule has 1 N–H and O–H groups in total. The SMILES string of the molecule is CCn1cnnc1CCNCc1cnc(-c2ccc3ccccc3c2)nc1. The van der Waals surface area contributed by atoms with Crippen LogP contribution < -0.4 is 5.32 Å². The first-order chi connectivity index (χ1) is 13.3. The number of aromatic nitrogens is 5. The molecule has 0 unspecified atom stereocenters. The largest absolute Gasteiger partial charge is 0.318 e. The number of nitrogens with one attached hydrogen (secondary N) is 1. The number of hydrogen-bond acceptors (Lipinski definition) is 5. The Morgan fingerprint density at radius 1 is 1.00 bits per heavy atom. The zero-order valence-corrected chi connectivity index (χ0v) is 15.3. The molecule has 2 aromatic heterocycles. The molecule has 0 aliphatic rings. The van der Waals surface area contributed by atoms with Gasteiger partial charge in [0, 0.05) is 49.6 Å². The van der Waals surface area contributed by atoms with Crippen LogP contribution in [0, 0.1) is 0 Å². The van der Waals surface area contributed by atoms with Gasteiger partial charge in [-0.05, 0) is 23.8 Å². The van der Waals surface area contributed by atoms with Gasteiger partial charge in [0.2, 0.25) is 0 Å². The minimum Gasteiger partial charge on any atom is -0.318 e. The molecule has 136 valence electrons. The Hall–Kier alpha value is -3.12. The van der Waals surface area contributed by atoms with E-state index in [0.29, 0.717) is 0 Å². The molecular weight excluding hydrogens is 336 g/mol. The predicted molar refractivity (Wildman–Crippen MR) is 106 cm³/mol. The normalized spacial score (nSPS) is 11.1. The predicted octanol–water partition coefficient (Wildman–Crippen LogP) is 3.24. The highest BCUT2D eigenvalue weighted by Gasteiger charge is 2.04. The average Bonchev–Trinajstić information content (AvgIpc) is 3.19. The van der Waals surface area contributed by atoms with Crippen molar-refractivity contribution in [2.75, 3.05) is 6.54 Å². The third-order valence-corrected chi connectivity index (χ3v) is 4.60. The van der Waals surface area contributed by atoms with Crippen LogP contribution in [0.2, 0.25) is 0 Å². The molecule has 4 aromatic rings. The molecule has 0 saturated heterocycles. The number of aryl methyl sites for hydroxylation is 1. The zero-order chi connectivity index (χ0) is 18.5. The van der Waals surface area contributed by atoms with Gasteiger partial charge in [0.1, 0.15) is 12.2 Å². The van der Waals surface area contributed by atoms with E-state index >= 15 is 0 Å². The van der Waals surface area contributed by atoms with E-state index in [1.54, 1.807) is 6.33 Å². The lowest BCUT2D eigenvalue weighted by Gasteiger charge is -2.07. The van der Waals surface area contributed by atoms with Crippen molar-refractivity contribution in [2.45, 2.75) is 26.4 Å². The summed E-state index contributed by atoms with van der Waals surface area (Å²) in [5.74, 6) is 1.76. The Kier molecular flexibility index (Phi) is 5.16. The zero-order valence-electron chi connectivity index (χ0n) is 15.3. The molecule has 2 heterocycles. The first-order valence-corrected chi connectivity index (χ1v) is 9.21. The molecule has 6 heteroatoms. The fourth-order valence-corrected chi connectivity index (χ4v) is 3.09. The van der Waals surface area contributed by atoms with E-state index in [9.17, 15) is 0 Å². The highest BCUT2D eigenvalue weighted by atomic mass is 15.3. The van der Waals surface area contributed by atoms with Crippen molar-refractivity contribution < 1.29 is 0 Å². The van der Waals surface area contributed by atoms with E-state index in [1.165, 1.54) is 10.8 Å². The summed E-state index contributed by atoms with van der Waals surface area (Å²) in [5.41, 5.74) is 2.10. The van der Waals surface area contributed by atoms with Crippen molar-refractivity contribution in [2.24, 2.45) is 0 Å². The summed E-state index contributed by atoms with van der Waals surface area (Å²) in [6.45, 7) is 4.56. The molecule has 0 aliphatic heterocycles. The van der Waals surface area contributed by atoms with Crippen molar-refractivity contribution in [3.05, 3.63) is 72.6 Å². The van der Waals surface area contributed by atoms with Gasteiger partial charge in [0.15, 0.2) is 5.82 Å². The molecule has 0 bridgehead atoms. The number of rotatable bonds is 7. The van der Waals surface area contributed by atoms with Gasteiger partial charge in [-0.1, -0.05) is 36.4 Å². The summed E-state index contributed by atoms with van der Waals surface area (Å²) in [4.78, 5) is 9.07. The van der Waals surface area contributed by atoms with Gasteiger partial charge in [-0.2, -0.15) is 0 Å². The van der Waals surface area contributed by atoms with E-state index in [0.717, 1.165) is 48.8 Å². The summed E-state index contributed by atoms with van der Waals surface area (Å²) in [6.07, 6.45) is 6.40. The second kappa shape index (κ2) is 8.05. The number of hydrogen-bond donors (Lipinski definition) is 1. The lowest BCUT2D eigenvalue weighted by atomic mass is 10.1. The van der Waals surface area contributed by atoms with Crippen LogP contribution in [0.5, 0.6) is 0 Å². The Labute approximate surface area is 158 Å². The average molecular weight is 358 g/mol. The Morgan fingerprint density at radius 2 is 1.81 bits per heavy atom. The lowest BCUT2D eigenvalue weighted by Crippen LogP contribution is -2.18. The highest BCUT2D eigenvalue weighted by molar-refractivity contribution is 5.86. The van der Waals surface area contributed by atoms with Crippen molar-refractivity contribution >= 4 is 10.8 Å². The maximum Gasteiger partial charge on any atom is 0.159 e. The van der Waals surface area contributed by atoms with Crippen LogP contribution >= 0.6 is 0 Å². The smallest absolute Gasteiger partial charge is 0.159 e.